The topological polar surface area (TPSA) is 95.2 Å². The van der Waals surface area contributed by atoms with Crippen molar-refractivity contribution in [1.29, 1.82) is 0 Å². The highest BCUT2D eigenvalue weighted by molar-refractivity contribution is 5.82. The molecular formula is C38H37N3O5. The normalized spacial score (nSPS) is 17.3. The SMILES string of the molecule is Cc1nc2cc3nn2c(c1[C@H](OC(C)(C)C)C(=O)O)-c1ccc2c(c1)[C@@H](C/C=C\COc1ccccc1-c1cccc-3c1)CCO2. The Morgan fingerprint density at radius 1 is 0.957 bits per heavy atom. The Balaban J connectivity index is 1.51. The molecule has 4 heterocycles. The van der Waals surface area contributed by atoms with Crippen molar-refractivity contribution in [2.24, 2.45) is 0 Å². The van der Waals surface area contributed by atoms with Crippen molar-refractivity contribution < 1.29 is 24.1 Å². The molecule has 2 aliphatic heterocycles. The van der Waals surface area contributed by atoms with Crippen LogP contribution in [0.2, 0.25) is 0 Å². The fourth-order valence-corrected chi connectivity index (χ4v) is 6.45. The standard InChI is InChI=1S/C38H37N3O5/c1-23-34(36(37(42)43)46-38(2,3)4)35-27-15-16-32-29(21-27)24(17-19-45-32)10-7-8-18-44-31-14-6-5-13-28(31)25-11-9-12-26(20-25)30-22-33(39-23)41(35)40-30/h5-9,11-16,20-22,24,36H,10,17-19H2,1-4H3,(H,42,43)/b8-7-/t24-,36-/m0/s1. The third kappa shape index (κ3) is 5.65. The number of carboxylic acid groups (broad SMARTS) is 1. The molecule has 0 radical (unpaired) electrons. The number of aryl methyl sites for hydroxylation is 1. The minimum atomic E-state index is -1.26. The Kier molecular flexibility index (Phi) is 7.61. The van der Waals surface area contributed by atoms with E-state index >= 15 is 0 Å². The lowest BCUT2D eigenvalue weighted by atomic mass is 9.87. The zero-order valence-electron chi connectivity index (χ0n) is 26.5. The summed E-state index contributed by atoms with van der Waals surface area (Å²) < 4.78 is 20.3. The van der Waals surface area contributed by atoms with Crippen LogP contribution in [-0.2, 0) is 9.53 Å². The Bertz CT molecular complexity index is 1990. The van der Waals surface area contributed by atoms with E-state index in [1.165, 1.54) is 0 Å². The molecule has 0 amide bonds. The first kappa shape index (κ1) is 29.7. The Morgan fingerprint density at radius 2 is 1.78 bits per heavy atom. The molecular weight excluding hydrogens is 578 g/mol. The largest absolute Gasteiger partial charge is 0.493 e. The number of benzene rings is 3. The smallest absolute Gasteiger partial charge is 0.337 e. The number of fused-ring (bicyclic) bond motifs is 8. The van der Waals surface area contributed by atoms with Crippen LogP contribution in [-0.4, -0.2) is 44.5 Å². The molecule has 0 saturated heterocycles. The molecule has 0 unspecified atom stereocenters. The van der Waals surface area contributed by atoms with Crippen LogP contribution in [0.15, 0.2) is 84.9 Å². The van der Waals surface area contributed by atoms with Crippen molar-refractivity contribution in [3.05, 3.63) is 102 Å². The molecule has 234 valence electrons. The van der Waals surface area contributed by atoms with E-state index in [0.29, 0.717) is 35.8 Å². The predicted octanol–water partition coefficient (Wildman–Crippen LogP) is 8.18. The highest BCUT2D eigenvalue weighted by atomic mass is 16.5. The van der Waals surface area contributed by atoms with Gasteiger partial charge in [0.25, 0.3) is 0 Å². The predicted molar refractivity (Wildman–Crippen MR) is 177 cm³/mol. The van der Waals surface area contributed by atoms with Crippen LogP contribution in [0.3, 0.4) is 0 Å². The van der Waals surface area contributed by atoms with Gasteiger partial charge in [0.2, 0.25) is 0 Å². The molecule has 0 spiro atoms. The van der Waals surface area contributed by atoms with E-state index in [0.717, 1.165) is 57.9 Å². The maximum absolute atomic E-state index is 12.9. The maximum Gasteiger partial charge on any atom is 0.337 e. The minimum absolute atomic E-state index is 0.224. The molecule has 2 atom stereocenters. The third-order valence-electron chi connectivity index (χ3n) is 8.51. The quantitative estimate of drug-likeness (QED) is 0.205. The Morgan fingerprint density at radius 3 is 2.61 bits per heavy atom. The lowest BCUT2D eigenvalue weighted by Crippen LogP contribution is -2.29. The summed E-state index contributed by atoms with van der Waals surface area (Å²) in [4.78, 5) is 17.8. The monoisotopic (exact) mass is 615 g/mol. The van der Waals surface area contributed by atoms with Gasteiger partial charge < -0.3 is 19.3 Å². The second-order valence-corrected chi connectivity index (χ2v) is 12.9. The molecule has 3 aromatic carbocycles. The summed E-state index contributed by atoms with van der Waals surface area (Å²) in [6.45, 7) is 8.51. The average molecular weight is 616 g/mol. The molecule has 0 aliphatic carbocycles. The lowest BCUT2D eigenvalue weighted by Gasteiger charge is -2.28. The van der Waals surface area contributed by atoms with Crippen molar-refractivity contribution in [2.45, 2.75) is 58.2 Å². The van der Waals surface area contributed by atoms with Gasteiger partial charge in [-0.1, -0.05) is 48.6 Å². The molecule has 2 aromatic heterocycles. The van der Waals surface area contributed by atoms with Crippen molar-refractivity contribution in [3.63, 3.8) is 0 Å². The number of para-hydroxylation sites is 1. The van der Waals surface area contributed by atoms with E-state index < -0.39 is 17.7 Å². The number of carboxylic acids is 1. The fraction of sp³-hybridized carbons (Fsp3) is 0.289. The van der Waals surface area contributed by atoms with Crippen LogP contribution in [0.5, 0.6) is 11.5 Å². The lowest BCUT2D eigenvalue weighted by molar-refractivity contribution is -0.160. The number of nitrogens with zero attached hydrogens (tertiary/aromatic N) is 3. The molecule has 6 bridgehead atoms. The second-order valence-electron chi connectivity index (χ2n) is 12.9. The van der Waals surface area contributed by atoms with Gasteiger partial charge in [-0.3, -0.25) is 0 Å². The zero-order valence-corrected chi connectivity index (χ0v) is 26.5. The van der Waals surface area contributed by atoms with E-state index in [1.54, 1.807) is 4.52 Å². The molecule has 1 N–H and O–H groups in total. The van der Waals surface area contributed by atoms with Crippen LogP contribution in [0.4, 0.5) is 0 Å². The average Bonchev–Trinajstić information content (AvgIpc) is 3.46. The van der Waals surface area contributed by atoms with Gasteiger partial charge in [0.1, 0.15) is 18.1 Å². The summed E-state index contributed by atoms with van der Waals surface area (Å²) in [5.41, 5.74) is 7.13. The van der Waals surface area contributed by atoms with Gasteiger partial charge in [-0.05, 0) is 87.9 Å². The fourth-order valence-electron chi connectivity index (χ4n) is 6.45. The Hall–Kier alpha value is -4.95. The minimum Gasteiger partial charge on any atom is -0.493 e. The van der Waals surface area contributed by atoms with Crippen LogP contribution in [0, 0.1) is 6.92 Å². The first-order chi connectivity index (χ1) is 22.2. The first-order valence-electron chi connectivity index (χ1n) is 15.7. The number of aromatic nitrogens is 3. The van der Waals surface area contributed by atoms with Gasteiger partial charge in [0, 0.05) is 34.0 Å². The van der Waals surface area contributed by atoms with Crippen LogP contribution in [0.25, 0.3) is 39.3 Å². The number of hydrogen-bond acceptors (Lipinski definition) is 6. The third-order valence-corrected chi connectivity index (χ3v) is 8.51. The number of allylic oxidation sites excluding steroid dienone is 1. The van der Waals surface area contributed by atoms with Gasteiger partial charge >= 0.3 is 5.97 Å². The van der Waals surface area contributed by atoms with E-state index in [1.807, 2.05) is 76.2 Å². The molecule has 46 heavy (non-hydrogen) atoms. The summed E-state index contributed by atoms with van der Waals surface area (Å²) in [5.74, 6) is 0.793. The number of ether oxygens (including phenoxy) is 3. The Labute approximate surface area is 268 Å². The molecule has 8 heteroatoms. The van der Waals surface area contributed by atoms with E-state index in [9.17, 15) is 9.90 Å². The van der Waals surface area contributed by atoms with E-state index in [4.69, 9.17) is 24.3 Å². The zero-order chi connectivity index (χ0) is 32.0. The second kappa shape index (κ2) is 11.8. The number of aliphatic carboxylic acids is 1. The highest BCUT2D eigenvalue weighted by Crippen LogP contribution is 2.42. The van der Waals surface area contributed by atoms with E-state index in [-0.39, 0.29) is 5.92 Å². The molecule has 8 nitrogen and oxygen atoms in total. The van der Waals surface area contributed by atoms with Crippen molar-refractivity contribution >= 4 is 11.6 Å². The van der Waals surface area contributed by atoms with Crippen LogP contribution >= 0.6 is 0 Å². The van der Waals surface area contributed by atoms with Gasteiger partial charge in [0.15, 0.2) is 11.8 Å². The summed E-state index contributed by atoms with van der Waals surface area (Å²) in [6, 6.07) is 24.3. The summed E-state index contributed by atoms with van der Waals surface area (Å²) in [5, 5.41) is 15.6. The molecule has 2 aliphatic rings. The van der Waals surface area contributed by atoms with Gasteiger partial charge in [-0.2, -0.15) is 5.10 Å². The summed E-state index contributed by atoms with van der Waals surface area (Å²) in [7, 11) is 0. The molecule has 5 aromatic rings. The van der Waals surface area contributed by atoms with Gasteiger partial charge in [-0.15, -0.1) is 0 Å². The molecule has 0 saturated carbocycles. The van der Waals surface area contributed by atoms with Crippen LogP contribution < -0.4 is 9.47 Å². The first-order valence-corrected chi connectivity index (χ1v) is 15.7. The van der Waals surface area contributed by atoms with Crippen molar-refractivity contribution in [2.75, 3.05) is 13.2 Å². The molecule has 0 fully saturated rings. The van der Waals surface area contributed by atoms with Gasteiger partial charge in [0.05, 0.1) is 23.6 Å². The summed E-state index contributed by atoms with van der Waals surface area (Å²) in [6.07, 6.45) is 4.68. The van der Waals surface area contributed by atoms with Gasteiger partial charge in [-0.25, -0.2) is 14.3 Å². The number of rotatable bonds is 3. The summed E-state index contributed by atoms with van der Waals surface area (Å²) >= 11 is 0. The van der Waals surface area contributed by atoms with Crippen molar-refractivity contribution in [3.8, 4) is 45.1 Å². The molecule has 7 rings (SSSR count). The maximum atomic E-state index is 12.9. The van der Waals surface area contributed by atoms with Crippen LogP contribution in [0.1, 0.15) is 62.5 Å². The van der Waals surface area contributed by atoms with E-state index in [2.05, 4.69) is 36.4 Å². The number of carbonyl (C=O) groups is 1. The van der Waals surface area contributed by atoms with Crippen molar-refractivity contribution in [1.82, 2.24) is 14.6 Å². The number of hydrogen-bond donors (Lipinski definition) is 1. The highest BCUT2D eigenvalue weighted by Gasteiger charge is 2.34.